The van der Waals surface area contributed by atoms with E-state index in [4.69, 9.17) is 9.15 Å². The lowest BCUT2D eigenvalue weighted by Crippen LogP contribution is -3.00. The first-order valence-corrected chi connectivity index (χ1v) is 10.0. The first-order chi connectivity index (χ1) is 12.8. The number of carbonyl (C=O) groups excluding carboxylic acids is 1. The van der Waals surface area contributed by atoms with Crippen LogP contribution >= 0.6 is 11.8 Å². The fourth-order valence-corrected chi connectivity index (χ4v) is 3.84. The molecule has 1 aromatic heterocycles. The van der Waals surface area contributed by atoms with Crippen LogP contribution in [0.2, 0.25) is 0 Å². The van der Waals surface area contributed by atoms with Gasteiger partial charge >= 0.3 is 5.63 Å². The molecule has 1 aliphatic rings. The number of quaternary nitrogens is 1. The zero-order valence-electron chi connectivity index (χ0n) is 16.5. The van der Waals surface area contributed by atoms with Gasteiger partial charge in [0.15, 0.2) is 0 Å². The van der Waals surface area contributed by atoms with E-state index in [9.17, 15) is 9.59 Å². The minimum Gasteiger partial charge on any atom is -1.00 e. The highest BCUT2D eigenvalue weighted by molar-refractivity contribution is 8.14. The molecule has 1 aliphatic heterocycles. The van der Waals surface area contributed by atoms with Crippen LogP contribution in [0.3, 0.4) is 0 Å². The van der Waals surface area contributed by atoms with Crippen LogP contribution in [0, 0.1) is 0 Å². The molecule has 2 rings (SSSR count). The summed E-state index contributed by atoms with van der Waals surface area (Å²) < 4.78 is 10.8. The minimum absolute atomic E-state index is 0. The van der Waals surface area contributed by atoms with Crippen molar-refractivity contribution in [2.24, 2.45) is 4.99 Å². The highest BCUT2D eigenvalue weighted by atomic mass is 35.5. The third kappa shape index (κ3) is 6.12. The van der Waals surface area contributed by atoms with Gasteiger partial charge in [0, 0.05) is 11.8 Å². The van der Waals surface area contributed by atoms with Crippen molar-refractivity contribution in [3.8, 4) is 5.75 Å². The molecule has 0 aliphatic carbocycles. The van der Waals surface area contributed by atoms with Gasteiger partial charge in [0.2, 0.25) is 5.91 Å². The van der Waals surface area contributed by atoms with Crippen LogP contribution in [0.4, 0.5) is 0 Å². The topological polar surface area (TPSA) is 109 Å². The normalized spacial score (nSPS) is 20.5. The SMILES string of the molecule is C=CCOc1cc([C@@H](CCC)NC(=O)[C@]2(C)CSC(C(C)[NH3+])=N2)oc(=O)c1.[Cl-]. The Balaban J connectivity index is 0.00000392. The van der Waals surface area contributed by atoms with Crippen LogP contribution in [-0.2, 0) is 4.79 Å². The Labute approximate surface area is 175 Å². The Bertz CT molecular complexity index is 781. The number of amides is 1. The summed E-state index contributed by atoms with van der Waals surface area (Å²) in [7, 11) is 0. The molecule has 156 valence electrons. The molecule has 0 saturated carbocycles. The molecule has 0 bridgehead atoms. The fraction of sp³-hybridized carbons (Fsp3) is 0.526. The molecule has 7 nitrogen and oxygen atoms in total. The molecule has 9 heteroatoms. The van der Waals surface area contributed by atoms with Crippen molar-refractivity contribution in [1.82, 2.24) is 5.32 Å². The summed E-state index contributed by atoms with van der Waals surface area (Å²) in [4.78, 5) is 29.4. The molecule has 1 amide bonds. The van der Waals surface area contributed by atoms with E-state index in [-0.39, 0.29) is 31.0 Å². The number of nitrogens with one attached hydrogen (secondary N) is 1. The lowest BCUT2D eigenvalue weighted by molar-refractivity contribution is -0.388. The second-order valence-corrected chi connectivity index (χ2v) is 7.84. The number of hydrogen-bond donors (Lipinski definition) is 2. The number of thioether (sulfide) groups is 1. The van der Waals surface area contributed by atoms with Gasteiger partial charge < -0.3 is 32.6 Å². The first-order valence-electron chi connectivity index (χ1n) is 9.04. The molecule has 28 heavy (non-hydrogen) atoms. The van der Waals surface area contributed by atoms with E-state index < -0.39 is 17.2 Å². The maximum Gasteiger partial charge on any atom is 0.339 e. The summed E-state index contributed by atoms with van der Waals surface area (Å²) in [5.41, 5.74) is 2.60. The average molecular weight is 430 g/mol. The highest BCUT2D eigenvalue weighted by Crippen LogP contribution is 2.30. The number of carbonyl (C=O) groups is 1. The summed E-state index contributed by atoms with van der Waals surface area (Å²) in [5.74, 6) is 1.15. The predicted molar refractivity (Wildman–Crippen MR) is 107 cm³/mol. The number of aliphatic imine (C=N–C) groups is 1. The van der Waals surface area contributed by atoms with E-state index in [1.165, 1.54) is 6.07 Å². The highest BCUT2D eigenvalue weighted by Gasteiger charge is 2.40. The average Bonchev–Trinajstić information content (AvgIpc) is 3.03. The second-order valence-electron chi connectivity index (χ2n) is 6.84. The van der Waals surface area contributed by atoms with E-state index in [1.807, 2.05) is 20.8 Å². The molecule has 4 N–H and O–H groups in total. The molecular formula is C19H28ClN3O4S. The van der Waals surface area contributed by atoms with Crippen molar-refractivity contribution in [2.45, 2.75) is 51.2 Å². The molecule has 1 aromatic rings. The fourth-order valence-electron chi connectivity index (χ4n) is 2.66. The number of halogens is 1. The van der Waals surface area contributed by atoms with Gasteiger partial charge in [-0.05, 0) is 20.3 Å². The maximum absolute atomic E-state index is 12.9. The van der Waals surface area contributed by atoms with Crippen LogP contribution in [0.25, 0.3) is 0 Å². The van der Waals surface area contributed by atoms with Crippen LogP contribution in [-0.4, -0.2) is 34.9 Å². The van der Waals surface area contributed by atoms with E-state index >= 15 is 0 Å². The van der Waals surface area contributed by atoms with Gasteiger partial charge in [-0.25, -0.2) is 4.79 Å². The molecule has 0 fully saturated rings. The van der Waals surface area contributed by atoms with Gasteiger partial charge in [0.1, 0.15) is 34.7 Å². The summed E-state index contributed by atoms with van der Waals surface area (Å²) >= 11 is 1.56. The smallest absolute Gasteiger partial charge is 0.339 e. The third-order valence-corrected chi connectivity index (χ3v) is 5.62. The number of ether oxygens (including phenoxy) is 1. The number of hydrogen-bond acceptors (Lipinski definition) is 6. The summed E-state index contributed by atoms with van der Waals surface area (Å²) in [6.45, 7) is 9.65. The van der Waals surface area contributed by atoms with Gasteiger partial charge in [0.05, 0.1) is 12.1 Å². The van der Waals surface area contributed by atoms with E-state index in [0.717, 1.165) is 11.5 Å². The van der Waals surface area contributed by atoms with Gasteiger partial charge in [-0.15, -0.1) is 11.8 Å². The zero-order valence-corrected chi connectivity index (χ0v) is 18.1. The zero-order chi connectivity index (χ0) is 20.0. The number of rotatable bonds is 9. The van der Waals surface area contributed by atoms with Crippen LogP contribution < -0.4 is 33.8 Å². The van der Waals surface area contributed by atoms with Crippen molar-refractivity contribution < 1.29 is 32.1 Å². The van der Waals surface area contributed by atoms with Gasteiger partial charge in [-0.3, -0.25) is 9.79 Å². The van der Waals surface area contributed by atoms with Crippen LogP contribution in [0.1, 0.15) is 45.4 Å². The van der Waals surface area contributed by atoms with Crippen molar-refractivity contribution >= 4 is 22.7 Å². The summed E-state index contributed by atoms with van der Waals surface area (Å²) in [6, 6.07) is 2.54. The maximum atomic E-state index is 12.9. The Morgan fingerprint density at radius 2 is 2.29 bits per heavy atom. The minimum atomic E-state index is -0.852. The molecule has 0 spiro atoms. The predicted octanol–water partition coefficient (Wildman–Crippen LogP) is -1.30. The van der Waals surface area contributed by atoms with E-state index in [1.54, 1.807) is 23.9 Å². The summed E-state index contributed by atoms with van der Waals surface area (Å²) in [6.07, 6.45) is 3.03. The van der Waals surface area contributed by atoms with Gasteiger partial charge in [-0.1, -0.05) is 26.0 Å². The molecule has 1 unspecified atom stereocenters. The quantitative estimate of drug-likeness (QED) is 0.474. The molecule has 0 saturated heterocycles. The Kier molecular flexibility index (Phi) is 9.26. The standard InChI is InChI=1S/C19H27N3O4S.ClH/c1-5-7-14(15-9-13(25-8-6-2)10-16(23)26-15)21-18(24)19(4)11-27-17(22-19)12(3)20;/h6,9-10,12,14H,2,5,7-8,11,20H2,1,3-4H3,(H,21,24);1H/t12?,14-,19+;/m1./s1. The second kappa shape index (κ2) is 10.7. The van der Waals surface area contributed by atoms with Crippen molar-refractivity contribution in [3.05, 3.63) is 41.0 Å². The van der Waals surface area contributed by atoms with Gasteiger partial charge in [-0.2, -0.15) is 0 Å². The molecular weight excluding hydrogens is 402 g/mol. The summed E-state index contributed by atoms with van der Waals surface area (Å²) in [5, 5.41) is 3.88. The van der Waals surface area contributed by atoms with Crippen LogP contribution in [0.15, 0.2) is 39.0 Å². The van der Waals surface area contributed by atoms with Crippen LogP contribution in [0.5, 0.6) is 5.75 Å². The lowest BCUT2D eigenvalue weighted by atomic mass is 10.0. The Hall–Kier alpha value is -1.77. The largest absolute Gasteiger partial charge is 1.00 e. The molecule has 2 heterocycles. The van der Waals surface area contributed by atoms with Gasteiger partial charge in [0.25, 0.3) is 0 Å². The molecule has 0 aromatic carbocycles. The molecule has 3 atom stereocenters. The van der Waals surface area contributed by atoms with Crippen molar-refractivity contribution in [2.75, 3.05) is 12.4 Å². The Morgan fingerprint density at radius 3 is 2.86 bits per heavy atom. The third-order valence-electron chi connectivity index (χ3n) is 4.13. The Morgan fingerprint density at radius 1 is 1.57 bits per heavy atom. The first kappa shape index (κ1) is 24.3. The van der Waals surface area contributed by atoms with E-state index in [2.05, 4.69) is 22.6 Å². The lowest BCUT2D eigenvalue weighted by Gasteiger charge is -2.24. The van der Waals surface area contributed by atoms with Crippen molar-refractivity contribution in [3.63, 3.8) is 0 Å². The monoisotopic (exact) mass is 429 g/mol. The number of nitrogens with zero attached hydrogens (tertiary/aromatic N) is 1. The molecule has 0 radical (unpaired) electrons. The van der Waals surface area contributed by atoms with E-state index in [0.29, 0.717) is 23.7 Å². The van der Waals surface area contributed by atoms with Crippen molar-refractivity contribution in [1.29, 1.82) is 0 Å².